The minimum atomic E-state index is -3.99. The molecule has 2 aromatic carbocycles. The van der Waals surface area contributed by atoms with Crippen LogP contribution < -0.4 is 10.5 Å². The molecular weight excluding hydrogens is 359 g/mol. The Kier molecular flexibility index (Phi) is 3.89. The highest BCUT2D eigenvalue weighted by Gasteiger charge is 2.20. The van der Waals surface area contributed by atoms with E-state index in [1.807, 2.05) is 0 Å². The van der Waals surface area contributed by atoms with Crippen LogP contribution in [0, 0.1) is 12.7 Å². The molecule has 0 bridgehead atoms. The van der Waals surface area contributed by atoms with E-state index in [9.17, 15) is 17.6 Å². The standard InChI is InChI=1S/C15H12ClFN2O4S/c1-8-5-13-12(19(2)15(20)23-13)7-14(8)24(21,22)18-9-3-4-10(16)11(17)6-9/h3-7,18H,1-2H3. The van der Waals surface area contributed by atoms with Gasteiger partial charge in [-0.05, 0) is 42.8 Å². The molecule has 0 unspecified atom stereocenters. The number of aromatic nitrogens is 1. The predicted molar refractivity (Wildman–Crippen MR) is 88.4 cm³/mol. The Morgan fingerprint density at radius 3 is 2.62 bits per heavy atom. The summed E-state index contributed by atoms with van der Waals surface area (Å²) in [5, 5.41) is -0.107. The van der Waals surface area contributed by atoms with Gasteiger partial charge in [0.25, 0.3) is 10.0 Å². The third-order valence-electron chi connectivity index (χ3n) is 3.55. The molecule has 0 radical (unpaired) electrons. The van der Waals surface area contributed by atoms with Crippen molar-refractivity contribution in [2.75, 3.05) is 4.72 Å². The van der Waals surface area contributed by atoms with Crippen molar-refractivity contribution in [2.24, 2.45) is 7.05 Å². The summed E-state index contributed by atoms with van der Waals surface area (Å²) in [5.41, 5.74) is 1.06. The highest BCUT2D eigenvalue weighted by Crippen LogP contribution is 2.26. The van der Waals surface area contributed by atoms with Crippen molar-refractivity contribution >= 4 is 38.4 Å². The maximum absolute atomic E-state index is 13.5. The van der Waals surface area contributed by atoms with Crippen molar-refractivity contribution < 1.29 is 17.2 Å². The first kappa shape index (κ1) is 16.5. The Morgan fingerprint density at radius 1 is 1.25 bits per heavy atom. The second kappa shape index (κ2) is 5.64. The molecule has 0 spiro atoms. The van der Waals surface area contributed by atoms with Crippen molar-refractivity contribution in [3.05, 3.63) is 57.3 Å². The van der Waals surface area contributed by atoms with Crippen molar-refractivity contribution in [3.63, 3.8) is 0 Å². The van der Waals surface area contributed by atoms with Crippen LogP contribution in [0.25, 0.3) is 11.1 Å². The van der Waals surface area contributed by atoms with Crippen LogP contribution in [0.15, 0.2) is 44.4 Å². The fourth-order valence-corrected chi connectivity index (χ4v) is 3.73. The Bertz CT molecular complexity index is 1120. The van der Waals surface area contributed by atoms with Gasteiger partial charge in [0.2, 0.25) is 0 Å². The molecule has 0 aliphatic carbocycles. The van der Waals surface area contributed by atoms with Crippen LogP contribution in [-0.2, 0) is 17.1 Å². The Balaban J connectivity index is 2.10. The molecule has 3 rings (SSSR count). The Labute approximate surface area is 141 Å². The summed E-state index contributed by atoms with van der Waals surface area (Å²) >= 11 is 5.58. The molecule has 126 valence electrons. The molecule has 3 aromatic rings. The van der Waals surface area contributed by atoms with E-state index in [2.05, 4.69) is 4.72 Å². The molecule has 9 heteroatoms. The normalized spacial score (nSPS) is 11.8. The summed E-state index contributed by atoms with van der Waals surface area (Å²) in [4.78, 5) is 11.5. The smallest absolute Gasteiger partial charge is 0.408 e. The second-order valence-corrected chi connectivity index (χ2v) is 7.30. The van der Waals surface area contributed by atoms with E-state index < -0.39 is 21.6 Å². The van der Waals surface area contributed by atoms with Crippen LogP contribution in [0.1, 0.15) is 5.56 Å². The van der Waals surface area contributed by atoms with Crippen LogP contribution in [0.3, 0.4) is 0 Å². The number of sulfonamides is 1. The molecule has 0 amide bonds. The van der Waals surface area contributed by atoms with Gasteiger partial charge < -0.3 is 4.42 Å². The highest BCUT2D eigenvalue weighted by molar-refractivity contribution is 7.92. The van der Waals surface area contributed by atoms with Gasteiger partial charge in [0.05, 0.1) is 21.1 Å². The molecule has 0 aliphatic rings. The van der Waals surface area contributed by atoms with Gasteiger partial charge in [-0.1, -0.05) is 11.6 Å². The molecule has 1 aromatic heterocycles. The number of halogens is 2. The molecule has 1 heterocycles. The minimum Gasteiger partial charge on any atom is -0.408 e. The molecule has 0 fully saturated rings. The summed E-state index contributed by atoms with van der Waals surface area (Å²) in [5.74, 6) is -1.33. The lowest BCUT2D eigenvalue weighted by Gasteiger charge is -2.11. The molecule has 24 heavy (non-hydrogen) atoms. The summed E-state index contributed by atoms with van der Waals surface area (Å²) in [6.07, 6.45) is 0. The Hall–Kier alpha value is -2.32. The Morgan fingerprint density at radius 2 is 1.96 bits per heavy atom. The number of hydrogen-bond acceptors (Lipinski definition) is 4. The molecular formula is C15H12ClFN2O4S. The number of anilines is 1. The van der Waals surface area contributed by atoms with Gasteiger partial charge in [0, 0.05) is 7.05 Å². The predicted octanol–water partition coefficient (Wildman–Crippen LogP) is 3.03. The molecule has 0 atom stereocenters. The van der Waals surface area contributed by atoms with Gasteiger partial charge in [-0.15, -0.1) is 0 Å². The van der Waals surface area contributed by atoms with Crippen molar-refractivity contribution in [1.29, 1.82) is 0 Å². The number of fused-ring (bicyclic) bond motifs is 1. The van der Waals surface area contributed by atoms with Gasteiger partial charge in [-0.3, -0.25) is 9.29 Å². The van der Waals surface area contributed by atoms with Gasteiger partial charge in [0.15, 0.2) is 5.58 Å². The summed E-state index contributed by atoms with van der Waals surface area (Å²) in [6.45, 7) is 1.57. The van der Waals surface area contributed by atoms with Crippen LogP contribution >= 0.6 is 11.6 Å². The van der Waals surface area contributed by atoms with Gasteiger partial charge in [-0.2, -0.15) is 0 Å². The monoisotopic (exact) mass is 370 g/mol. The van der Waals surface area contributed by atoms with E-state index in [-0.39, 0.29) is 21.2 Å². The maximum atomic E-state index is 13.5. The fourth-order valence-electron chi connectivity index (χ4n) is 2.31. The first-order valence-corrected chi connectivity index (χ1v) is 8.63. The number of aryl methyl sites for hydroxylation is 2. The fraction of sp³-hybridized carbons (Fsp3) is 0.133. The number of oxazole rings is 1. The lowest BCUT2D eigenvalue weighted by atomic mass is 10.2. The summed E-state index contributed by atoms with van der Waals surface area (Å²) in [6, 6.07) is 6.40. The first-order valence-electron chi connectivity index (χ1n) is 6.77. The van der Waals surface area contributed by atoms with Gasteiger partial charge in [0.1, 0.15) is 5.82 Å². The highest BCUT2D eigenvalue weighted by atomic mass is 35.5. The molecule has 1 N–H and O–H groups in total. The van der Waals surface area contributed by atoms with E-state index in [1.54, 1.807) is 6.92 Å². The van der Waals surface area contributed by atoms with Gasteiger partial charge in [-0.25, -0.2) is 17.6 Å². The van der Waals surface area contributed by atoms with Crippen LogP contribution in [0.4, 0.5) is 10.1 Å². The number of nitrogens with zero attached hydrogens (tertiary/aromatic N) is 1. The maximum Gasteiger partial charge on any atom is 0.419 e. The van der Waals surface area contributed by atoms with E-state index in [0.29, 0.717) is 11.1 Å². The quantitative estimate of drug-likeness (QED) is 0.768. The zero-order valence-corrected chi connectivity index (χ0v) is 14.2. The average Bonchev–Trinajstić information content (AvgIpc) is 2.76. The van der Waals surface area contributed by atoms with Crippen LogP contribution in [-0.4, -0.2) is 13.0 Å². The minimum absolute atomic E-state index is 0.0393. The summed E-state index contributed by atoms with van der Waals surface area (Å²) in [7, 11) is -2.52. The SMILES string of the molecule is Cc1cc2oc(=O)n(C)c2cc1S(=O)(=O)Nc1ccc(Cl)c(F)c1. The zero-order valence-electron chi connectivity index (χ0n) is 12.6. The van der Waals surface area contributed by atoms with E-state index in [0.717, 1.165) is 6.07 Å². The van der Waals surface area contributed by atoms with Crippen molar-refractivity contribution in [3.8, 4) is 0 Å². The lowest BCUT2D eigenvalue weighted by molar-refractivity contribution is 0.528. The van der Waals surface area contributed by atoms with Crippen LogP contribution in [0.5, 0.6) is 0 Å². The van der Waals surface area contributed by atoms with Crippen molar-refractivity contribution in [2.45, 2.75) is 11.8 Å². The zero-order chi connectivity index (χ0) is 17.6. The van der Waals surface area contributed by atoms with Crippen LogP contribution in [0.2, 0.25) is 5.02 Å². The third kappa shape index (κ3) is 2.78. The number of nitrogens with one attached hydrogen (secondary N) is 1. The molecule has 0 saturated heterocycles. The van der Waals surface area contributed by atoms with Gasteiger partial charge >= 0.3 is 5.76 Å². The number of benzene rings is 2. The third-order valence-corrected chi connectivity index (χ3v) is 5.38. The number of rotatable bonds is 3. The van der Waals surface area contributed by atoms with E-state index in [4.69, 9.17) is 16.0 Å². The first-order chi connectivity index (χ1) is 11.2. The van der Waals surface area contributed by atoms with E-state index >= 15 is 0 Å². The topological polar surface area (TPSA) is 81.3 Å². The summed E-state index contributed by atoms with van der Waals surface area (Å²) < 4.78 is 47.2. The molecule has 0 aliphatic heterocycles. The largest absolute Gasteiger partial charge is 0.419 e. The molecule has 0 saturated carbocycles. The van der Waals surface area contributed by atoms with Crippen molar-refractivity contribution in [1.82, 2.24) is 4.57 Å². The molecule has 6 nitrogen and oxygen atoms in total. The number of hydrogen-bond donors (Lipinski definition) is 1. The lowest BCUT2D eigenvalue weighted by Crippen LogP contribution is -2.15. The second-order valence-electron chi connectivity index (χ2n) is 5.25. The van der Waals surface area contributed by atoms with E-state index in [1.165, 1.54) is 35.9 Å². The average molecular weight is 371 g/mol.